The van der Waals surface area contributed by atoms with Crippen LogP contribution in [0.3, 0.4) is 0 Å². The van der Waals surface area contributed by atoms with Crippen molar-refractivity contribution >= 4 is 0 Å². The molecule has 0 bridgehead atoms. The van der Waals surface area contributed by atoms with E-state index >= 15 is 0 Å². The van der Waals surface area contributed by atoms with Gasteiger partial charge in [-0.1, -0.05) is 0 Å². The molecule has 0 aliphatic rings. The number of rotatable bonds is 3. The summed E-state index contributed by atoms with van der Waals surface area (Å²) in [6, 6.07) is 3.98. The maximum absolute atomic E-state index is 12.2. The van der Waals surface area contributed by atoms with Gasteiger partial charge in [0.25, 0.3) is 0 Å². The van der Waals surface area contributed by atoms with Crippen molar-refractivity contribution in [2.45, 2.75) is 13.0 Å². The number of halogens is 3. The van der Waals surface area contributed by atoms with Gasteiger partial charge in [0.05, 0.1) is 12.8 Å². The van der Waals surface area contributed by atoms with Crippen LogP contribution in [0.25, 0.3) is 11.1 Å². The Kier molecular flexibility index (Phi) is 3.48. The lowest BCUT2D eigenvalue weighted by Gasteiger charge is -2.11. The minimum Gasteiger partial charge on any atom is -0.406 e. The molecule has 1 aromatic carbocycles. The first-order valence-corrected chi connectivity index (χ1v) is 5.37. The molecule has 1 N–H and O–H groups in total. The van der Waals surface area contributed by atoms with Crippen LogP contribution in [0.1, 0.15) is 5.56 Å². The molecule has 0 atom stereocenters. The van der Waals surface area contributed by atoms with Crippen LogP contribution in [0.15, 0.2) is 30.6 Å². The molecule has 19 heavy (non-hydrogen) atoms. The highest BCUT2D eigenvalue weighted by Gasteiger charge is 2.31. The standard InChI is InChI=1S/C12H11F3N2O2/c1-17-6-10(5-16-17)9-2-8(7-18)3-11(4-9)19-12(13,14)15/h2-6,18H,7H2,1H3. The van der Waals surface area contributed by atoms with Gasteiger partial charge in [-0.25, -0.2) is 0 Å². The normalized spacial score (nSPS) is 11.6. The van der Waals surface area contributed by atoms with E-state index in [0.29, 0.717) is 16.7 Å². The summed E-state index contributed by atoms with van der Waals surface area (Å²) in [5, 5.41) is 13.0. The fraction of sp³-hybridized carbons (Fsp3) is 0.250. The van der Waals surface area contributed by atoms with E-state index in [1.807, 2.05) is 0 Å². The van der Waals surface area contributed by atoms with Crippen molar-refractivity contribution in [2.24, 2.45) is 7.05 Å². The number of nitrogens with zero attached hydrogens (tertiary/aromatic N) is 2. The number of benzene rings is 1. The summed E-state index contributed by atoms with van der Waals surface area (Å²) in [5.41, 5.74) is 1.48. The Morgan fingerprint density at radius 2 is 2.00 bits per heavy atom. The molecule has 102 valence electrons. The van der Waals surface area contributed by atoms with Crippen molar-refractivity contribution < 1.29 is 23.0 Å². The highest BCUT2D eigenvalue weighted by atomic mass is 19.4. The summed E-state index contributed by atoms with van der Waals surface area (Å²) in [7, 11) is 1.70. The Balaban J connectivity index is 2.41. The Labute approximate surface area is 107 Å². The Hall–Kier alpha value is -2.02. The molecule has 0 aliphatic carbocycles. The second-order valence-electron chi connectivity index (χ2n) is 3.97. The van der Waals surface area contributed by atoms with Crippen LogP contribution < -0.4 is 4.74 Å². The first kappa shape index (κ1) is 13.4. The van der Waals surface area contributed by atoms with Crippen molar-refractivity contribution in [1.29, 1.82) is 0 Å². The summed E-state index contributed by atoms with van der Waals surface area (Å²) in [6.07, 6.45) is -1.58. The van der Waals surface area contributed by atoms with Gasteiger partial charge in [0, 0.05) is 18.8 Å². The van der Waals surface area contributed by atoms with Crippen LogP contribution in [0.4, 0.5) is 13.2 Å². The fourth-order valence-electron chi connectivity index (χ4n) is 1.68. The van der Waals surface area contributed by atoms with Crippen LogP contribution in [0.2, 0.25) is 0 Å². The van der Waals surface area contributed by atoms with Gasteiger partial charge in [0.15, 0.2) is 0 Å². The van der Waals surface area contributed by atoms with E-state index in [4.69, 9.17) is 5.11 Å². The van der Waals surface area contributed by atoms with E-state index in [2.05, 4.69) is 9.84 Å². The molecular weight excluding hydrogens is 261 g/mol. The third kappa shape index (κ3) is 3.47. The minimum absolute atomic E-state index is 0.334. The quantitative estimate of drug-likeness (QED) is 0.933. The molecular formula is C12H11F3N2O2. The molecule has 0 amide bonds. The number of hydrogen-bond donors (Lipinski definition) is 1. The van der Waals surface area contributed by atoms with Gasteiger partial charge in [-0.3, -0.25) is 4.68 Å². The molecule has 0 unspecified atom stereocenters. The molecule has 0 aliphatic heterocycles. The second kappa shape index (κ2) is 4.93. The molecule has 1 heterocycles. The van der Waals surface area contributed by atoms with Gasteiger partial charge in [0.1, 0.15) is 5.75 Å². The summed E-state index contributed by atoms with van der Waals surface area (Å²) in [6.45, 7) is -0.373. The lowest BCUT2D eigenvalue weighted by atomic mass is 10.1. The van der Waals surface area contributed by atoms with Crippen LogP contribution in [0.5, 0.6) is 5.75 Å². The lowest BCUT2D eigenvalue weighted by molar-refractivity contribution is -0.274. The van der Waals surface area contributed by atoms with Crippen molar-refractivity contribution in [3.63, 3.8) is 0 Å². The first-order chi connectivity index (χ1) is 8.87. The third-order valence-corrected chi connectivity index (χ3v) is 2.42. The van der Waals surface area contributed by atoms with E-state index in [1.54, 1.807) is 19.3 Å². The average Bonchev–Trinajstić information content (AvgIpc) is 2.73. The highest BCUT2D eigenvalue weighted by molar-refractivity contribution is 5.64. The monoisotopic (exact) mass is 272 g/mol. The summed E-state index contributed by atoms with van der Waals surface area (Å²) in [5.74, 6) is -0.363. The number of aliphatic hydroxyl groups excluding tert-OH is 1. The van der Waals surface area contributed by atoms with Crippen molar-refractivity contribution in [3.8, 4) is 16.9 Å². The Morgan fingerprint density at radius 3 is 2.53 bits per heavy atom. The molecule has 0 spiro atoms. The topological polar surface area (TPSA) is 47.3 Å². The zero-order valence-corrected chi connectivity index (χ0v) is 9.98. The number of alkyl halides is 3. The number of aromatic nitrogens is 2. The third-order valence-electron chi connectivity index (χ3n) is 2.42. The summed E-state index contributed by atoms with van der Waals surface area (Å²) >= 11 is 0. The van der Waals surface area contributed by atoms with E-state index in [-0.39, 0.29) is 12.4 Å². The number of hydrogen-bond acceptors (Lipinski definition) is 3. The largest absolute Gasteiger partial charge is 0.573 e. The molecule has 2 rings (SSSR count). The minimum atomic E-state index is -4.76. The average molecular weight is 272 g/mol. The number of aryl methyl sites for hydroxylation is 1. The zero-order valence-electron chi connectivity index (χ0n) is 9.98. The van der Waals surface area contributed by atoms with Crippen LogP contribution in [0, 0.1) is 0 Å². The fourth-order valence-corrected chi connectivity index (χ4v) is 1.68. The van der Waals surface area contributed by atoms with Crippen LogP contribution in [-0.4, -0.2) is 21.2 Å². The van der Waals surface area contributed by atoms with E-state index in [1.165, 1.54) is 16.9 Å². The molecule has 0 saturated carbocycles. The van der Waals surface area contributed by atoms with Crippen molar-refractivity contribution in [1.82, 2.24) is 9.78 Å². The van der Waals surface area contributed by atoms with E-state index in [0.717, 1.165) is 6.07 Å². The van der Waals surface area contributed by atoms with Crippen molar-refractivity contribution in [3.05, 3.63) is 36.2 Å². The van der Waals surface area contributed by atoms with Crippen LogP contribution in [-0.2, 0) is 13.7 Å². The number of aliphatic hydroxyl groups is 1. The Bertz CT molecular complexity index is 579. The maximum Gasteiger partial charge on any atom is 0.573 e. The van der Waals surface area contributed by atoms with Gasteiger partial charge in [0.2, 0.25) is 0 Å². The van der Waals surface area contributed by atoms with Gasteiger partial charge in [-0.15, -0.1) is 13.2 Å². The first-order valence-electron chi connectivity index (χ1n) is 5.37. The smallest absolute Gasteiger partial charge is 0.406 e. The number of ether oxygens (including phenoxy) is 1. The van der Waals surface area contributed by atoms with Crippen molar-refractivity contribution in [2.75, 3.05) is 0 Å². The van der Waals surface area contributed by atoms with Gasteiger partial charge in [-0.2, -0.15) is 5.10 Å². The SMILES string of the molecule is Cn1cc(-c2cc(CO)cc(OC(F)(F)F)c2)cn1. The van der Waals surface area contributed by atoms with Gasteiger partial charge in [-0.05, 0) is 29.3 Å². The van der Waals surface area contributed by atoms with Gasteiger partial charge < -0.3 is 9.84 Å². The molecule has 0 saturated heterocycles. The Morgan fingerprint density at radius 1 is 1.26 bits per heavy atom. The predicted octanol–water partition coefficient (Wildman–Crippen LogP) is 2.48. The lowest BCUT2D eigenvalue weighted by Crippen LogP contribution is -2.17. The zero-order chi connectivity index (χ0) is 14.0. The van der Waals surface area contributed by atoms with E-state index < -0.39 is 6.36 Å². The summed E-state index contributed by atoms with van der Waals surface area (Å²) in [4.78, 5) is 0. The molecule has 2 aromatic rings. The predicted molar refractivity (Wildman–Crippen MR) is 61.2 cm³/mol. The van der Waals surface area contributed by atoms with Gasteiger partial charge >= 0.3 is 6.36 Å². The highest BCUT2D eigenvalue weighted by Crippen LogP contribution is 2.29. The maximum atomic E-state index is 12.2. The molecule has 4 nitrogen and oxygen atoms in total. The van der Waals surface area contributed by atoms with E-state index in [9.17, 15) is 13.2 Å². The molecule has 0 radical (unpaired) electrons. The summed E-state index contributed by atoms with van der Waals surface area (Å²) < 4.78 is 42.1. The molecule has 0 fully saturated rings. The molecule has 7 heteroatoms. The second-order valence-corrected chi connectivity index (χ2v) is 3.97. The van der Waals surface area contributed by atoms with Crippen LogP contribution >= 0.6 is 0 Å². The molecule has 1 aromatic heterocycles.